The second-order valence-corrected chi connectivity index (χ2v) is 3.61. The maximum absolute atomic E-state index is 11.7. The van der Waals surface area contributed by atoms with Gasteiger partial charge >= 0.3 is 5.97 Å². The summed E-state index contributed by atoms with van der Waals surface area (Å²) in [7, 11) is 0. The van der Waals surface area contributed by atoms with E-state index < -0.39 is 0 Å². The van der Waals surface area contributed by atoms with Crippen molar-refractivity contribution in [2.45, 2.75) is 19.3 Å². The van der Waals surface area contributed by atoms with Gasteiger partial charge in [0.1, 0.15) is 0 Å². The maximum Gasteiger partial charge on any atom is 0.313 e. The summed E-state index contributed by atoms with van der Waals surface area (Å²) in [5.74, 6) is -0.200. The Balaban J connectivity index is 2.25. The molecule has 0 amide bonds. The molecule has 2 rings (SSSR count). The molecule has 1 heterocycles. The van der Waals surface area contributed by atoms with Crippen molar-refractivity contribution in [3.05, 3.63) is 29.8 Å². The molecule has 0 saturated carbocycles. The van der Waals surface area contributed by atoms with E-state index in [1.807, 2.05) is 31.2 Å². The first kappa shape index (κ1) is 10.0. The zero-order valence-corrected chi connectivity index (χ0v) is 8.82. The van der Waals surface area contributed by atoms with Gasteiger partial charge in [0.05, 0.1) is 12.5 Å². The molecule has 15 heavy (non-hydrogen) atoms. The molecule has 0 spiro atoms. The standard InChI is InChI=1S/C12H15NO2/c1-2-15-12(14)10-7-8-13-11-6-4-3-5-9(10)11/h3-6,10,13H,2,7-8H2,1H3/t10-/m0/s1. The molecular weight excluding hydrogens is 190 g/mol. The zero-order valence-electron chi connectivity index (χ0n) is 8.82. The number of hydrogen-bond donors (Lipinski definition) is 1. The van der Waals surface area contributed by atoms with Crippen LogP contribution in [-0.4, -0.2) is 19.1 Å². The molecule has 1 aliphatic heterocycles. The molecule has 0 saturated heterocycles. The fraction of sp³-hybridized carbons (Fsp3) is 0.417. The van der Waals surface area contributed by atoms with Gasteiger partial charge in [-0.1, -0.05) is 18.2 Å². The van der Waals surface area contributed by atoms with Crippen LogP contribution in [0.3, 0.4) is 0 Å². The number of nitrogens with one attached hydrogen (secondary N) is 1. The average Bonchev–Trinajstić information content (AvgIpc) is 2.28. The summed E-state index contributed by atoms with van der Waals surface area (Å²) < 4.78 is 5.07. The van der Waals surface area contributed by atoms with E-state index >= 15 is 0 Å². The van der Waals surface area contributed by atoms with Gasteiger partial charge in [0.25, 0.3) is 0 Å². The summed E-state index contributed by atoms with van der Waals surface area (Å²) in [6, 6.07) is 7.92. The van der Waals surface area contributed by atoms with Gasteiger partial charge in [-0.05, 0) is 25.0 Å². The van der Waals surface area contributed by atoms with Crippen LogP contribution in [0.2, 0.25) is 0 Å². The lowest BCUT2D eigenvalue weighted by Crippen LogP contribution is -2.24. The minimum Gasteiger partial charge on any atom is -0.466 e. The van der Waals surface area contributed by atoms with Gasteiger partial charge in [-0.2, -0.15) is 0 Å². The van der Waals surface area contributed by atoms with Crippen LogP contribution in [0.5, 0.6) is 0 Å². The predicted molar refractivity (Wildman–Crippen MR) is 58.9 cm³/mol. The lowest BCUT2D eigenvalue weighted by Gasteiger charge is -2.24. The number of esters is 1. The normalized spacial score (nSPS) is 18.9. The van der Waals surface area contributed by atoms with Crippen molar-refractivity contribution in [1.29, 1.82) is 0 Å². The molecule has 1 N–H and O–H groups in total. The fourth-order valence-corrected chi connectivity index (χ4v) is 1.96. The highest BCUT2D eigenvalue weighted by molar-refractivity contribution is 5.81. The maximum atomic E-state index is 11.7. The molecule has 0 radical (unpaired) electrons. The molecule has 0 unspecified atom stereocenters. The SMILES string of the molecule is CCOC(=O)[C@H]1CCNc2ccccc21. The first-order chi connectivity index (χ1) is 7.33. The minimum atomic E-state index is -0.105. The van der Waals surface area contributed by atoms with Gasteiger partial charge in [-0.3, -0.25) is 4.79 Å². The van der Waals surface area contributed by atoms with Crippen LogP contribution in [0.4, 0.5) is 5.69 Å². The molecule has 1 aromatic carbocycles. The first-order valence-electron chi connectivity index (χ1n) is 5.32. The molecule has 1 aromatic rings. The Morgan fingerprint density at radius 2 is 2.33 bits per heavy atom. The molecule has 0 aromatic heterocycles. The van der Waals surface area contributed by atoms with Gasteiger partial charge in [0, 0.05) is 12.2 Å². The first-order valence-corrected chi connectivity index (χ1v) is 5.32. The van der Waals surface area contributed by atoms with Crippen molar-refractivity contribution in [2.24, 2.45) is 0 Å². The van der Waals surface area contributed by atoms with E-state index in [0.717, 1.165) is 24.2 Å². The summed E-state index contributed by atoms with van der Waals surface area (Å²) in [6.45, 7) is 3.12. The van der Waals surface area contributed by atoms with E-state index in [1.54, 1.807) is 0 Å². The van der Waals surface area contributed by atoms with E-state index in [-0.39, 0.29) is 11.9 Å². The molecule has 0 bridgehead atoms. The fourth-order valence-electron chi connectivity index (χ4n) is 1.96. The Bertz CT molecular complexity index is 362. The number of ether oxygens (including phenoxy) is 1. The number of carbonyl (C=O) groups is 1. The van der Waals surface area contributed by atoms with Crippen LogP contribution < -0.4 is 5.32 Å². The monoisotopic (exact) mass is 205 g/mol. The number of para-hydroxylation sites is 1. The highest BCUT2D eigenvalue weighted by Crippen LogP contribution is 2.31. The van der Waals surface area contributed by atoms with Crippen molar-refractivity contribution in [3.63, 3.8) is 0 Å². The van der Waals surface area contributed by atoms with Gasteiger partial charge in [0.15, 0.2) is 0 Å². The third-order valence-corrected chi connectivity index (χ3v) is 2.66. The molecule has 3 heteroatoms. The molecule has 1 atom stereocenters. The van der Waals surface area contributed by atoms with Crippen LogP contribution in [0, 0.1) is 0 Å². The lowest BCUT2D eigenvalue weighted by atomic mass is 9.91. The summed E-state index contributed by atoms with van der Waals surface area (Å²) in [6.07, 6.45) is 0.815. The second-order valence-electron chi connectivity index (χ2n) is 3.61. The smallest absolute Gasteiger partial charge is 0.313 e. The highest BCUT2D eigenvalue weighted by Gasteiger charge is 2.26. The van der Waals surface area contributed by atoms with Crippen molar-refractivity contribution in [2.75, 3.05) is 18.5 Å². The van der Waals surface area contributed by atoms with Gasteiger partial charge < -0.3 is 10.1 Å². The number of anilines is 1. The van der Waals surface area contributed by atoms with Crippen molar-refractivity contribution >= 4 is 11.7 Å². The van der Waals surface area contributed by atoms with Gasteiger partial charge in [-0.15, -0.1) is 0 Å². The lowest BCUT2D eigenvalue weighted by molar-refractivity contribution is -0.145. The van der Waals surface area contributed by atoms with Crippen LogP contribution >= 0.6 is 0 Å². The number of carbonyl (C=O) groups excluding carboxylic acids is 1. The number of rotatable bonds is 2. The van der Waals surface area contributed by atoms with Crippen molar-refractivity contribution in [3.8, 4) is 0 Å². The summed E-state index contributed by atoms with van der Waals surface area (Å²) in [4.78, 5) is 11.7. The third-order valence-electron chi connectivity index (χ3n) is 2.66. The quantitative estimate of drug-likeness (QED) is 0.752. The van der Waals surface area contributed by atoms with E-state index in [9.17, 15) is 4.79 Å². The van der Waals surface area contributed by atoms with E-state index in [0.29, 0.717) is 6.61 Å². The average molecular weight is 205 g/mol. The molecule has 0 fully saturated rings. The number of hydrogen-bond acceptors (Lipinski definition) is 3. The Morgan fingerprint density at radius 1 is 1.53 bits per heavy atom. The molecule has 3 nitrogen and oxygen atoms in total. The summed E-state index contributed by atoms with van der Waals surface area (Å²) in [5, 5.41) is 3.28. The molecular formula is C12H15NO2. The van der Waals surface area contributed by atoms with Gasteiger partial charge in [-0.25, -0.2) is 0 Å². The Hall–Kier alpha value is -1.51. The van der Waals surface area contributed by atoms with Crippen LogP contribution in [-0.2, 0) is 9.53 Å². The van der Waals surface area contributed by atoms with Crippen LogP contribution in [0.15, 0.2) is 24.3 Å². The third kappa shape index (κ3) is 1.96. The largest absolute Gasteiger partial charge is 0.466 e. The Morgan fingerprint density at radius 3 is 3.13 bits per heavy atom. The Labute approximate surface area is 89.4 Å². The van der Waals surface area contributed by atoms with Crippen LogP contribution in [0.25, 0.3) is 0 Å². The minimum absolute atomic E-state index is 0.0950. The van der Waals surface area contributed by atoms with E-state index in [2.05, 4.69) is 5.32 Å². The highest BCUT2D eigenvalue weighted by atomic mass is 16.5. The number of fused-ring (bicyclic) bond motifs is 1. The van der Waals surface area contributed by atoms with Crippen molar-refractivity contribution < 1.29 is 9.53 Å². The molecule has 0 aliphatic carbocycles. The van der Waals surface area contributed by atoms with E-state index in [1.165, 1.54) is 0 Å². The number of benzene rings is 1. The van der Waals surface area contributed by atoms with Gasteiger partial charge in [0.2, 0.25) is 0 Å². The van der Waals surface area contributed by atoms with E-state index in [4.69, 9.17) is 4.74 Å². The zero-order chi connectivity index (χ0) is 10.7. The predicted octanol–water partition coefficient (Wildman–Crippen LogP) is 2.15. The topological polar surface area (TPSA) is 38.3 Å². The van der Waals surface area contributed by atoms with Crippen molar-refractivity contribution in [1.82, 2.24) is 0 Å². The summed E-state index contributed by atoms with van der Waals surface area (Å²) >= 11 is 0. The van der Waals surface area contributed by atoms with Crippen LogP contribution in [0.1, 0.15) is 24.8 Å². The molecule has 1 aliphatic rings. The Kier molecular flexibility index (Phi) is 2.90. The second kappa shape index (κ2) is 4.34. The summed E-state index contributed by atoms with van der Waals surface area (Å²) in [5.41, 5.74) is 2.11. The molecule has 80 valence electrons.